The molecule has 7 heteroatoms. The van der Waals surface area contributed by atoms with Crippen LogP contribution in [0.25, 0.3) is 0 Å². The van der Waals surface area contributed by atoms with Gasteiger partial charge in [-0.3, -0.25) is 4.79 Å². The van der Waals surface area contributed by atoms with Crippen molar-refractivity contribution < 1.29 is 13.2 Å². The van der Waals surface area contributed by atoms with Gasteiger partial charge in [0.15, 0.2) is 0 Å². The maximum atomic E-state index is 12.2. The lowest BCUT2D eigenvalue weighted by atomic mass is 10.0. The van der Waals surface area contributed by atoms with Crippen LogP contribution in [0.2, 0.25) is 5.02 Å². The van der Waals surface area contributed by atoms with Crippen molar-refractivity contribution in [1.29, 1.82) is 0 Å². The summed E-state index contributed by atoms with van der Waals surface area (Å²) in [6.07, 6.45) is 0.0516. The Hall–Kier alpha value is -1.89. The van der Waals surface area contributed by atoms with Crippen molar-refractivity contribution >= 4 is 27.5 Å². The normalized spacial score (nSPS) is 12.6. The fourth-order valence-electron chi connectivity index (χ4n) is 2.48. The van der Waals surface area contributed by atoms with Gasteiger partial charge in [-0.2, -0.15) is 0 Å². The van der Waals surface area contributed by atoms with Gasteiger partial charge < -0.3 is 5.32 Å². The van der Waals surface area contributed by atoms with Crippen LogP contribution in [0.1, 0.15) is 30.5 Å². The van der Waals surface area contributed by atoms with E-state index >= 15 is 0 Å². The van der Waals surface area contributed by atoms with Crippen LogP contribution in [0, 0.1) is 6.92 Å². The Morgan fingerprint density at radius 3 is 2.56 bits per heavy atom. The van der Waals surface area contributed by atoms with Gasteiger partial charge in [0.25, 0.3) is 0 Å². The summed E-state index contributed by atoms with van der Waals surface area (Å²) in [5.41, 5.74) is 2.13. The van der Waals surface area contributed by atoms with E-state index in [2.05, 4.69) is 10.0 Å². The van der Waals surface area contributed by atoms with Crippen LogP contribution < -0.4 is 10.0 Å². The number of sulfonamides is 1. The second-order valence-electron chi connectivity index (χ2n) is 5.75. The Morgan fingerprint density at radius 1 is 1.16 bits per heavy atom. The molecule has 1 unspecified atom stereocenters. The number of aryl methyl sites for hydroxylation is 1. The summed E-state index contributed by atoms with van der Waals surface area (Å²) < 4.78 is 26.7. The van der Waals surface area contributed by atoms with Gasteiger partial charge in [-0.1, -0.05) is 41.9 Å². The molecule has 2 aromatic rings. The molecular weight excluding hydrogens is 360 g/mol. The minimum Gasteiger partial charge on any atom is -0.350 e. The molecule has 0 fully saturated rings. The van der Waals surface area contributed by atoms with Crippen LogP contribution in [0.4, 0.5) is 0 Å². The van der Waals surface area contributed by atoms with Crippen molar-refractivity contribution in [2.24, 2.45) is 0 Å². The summed E-state index contributed by atoms with van der Waals surface area (Å²) in [5, 5.41) is 3.22. The molecule has 1 atom stereocenters. The van der Waals surface area contributed by atoms with Crippen LogP contribution in [0.5, 0.6) is 0 Å². The van der Waals surface area contributed by atoms with Crippen molar-refractivity contribution in [1.82, 2.24) is 10.0 Å². The SMILES string of the molecule is Cc1ccccc1C(C)NC(=O)CCNS(=O)(=O)c1cccc(Cl)c1. The Kier molecular flexibility index (Phi) is 6.58. The smallest absolute Gasteiger partial charge is 0.240 e. The first kappa shape index (κ1) is 19.4. The summed E-state index contributed by atoms with van der Waals surface area (Å²) in [6, 6.07) is 13.6. The third-order valence-electron chi connectivity index (χ3n) is 3.78. The Bertz CT molecular complexity index is 853. The maximum absolute atomic E-state index is 12.2. The third kappa shape index (κ3) is 5.56. The average molecular weight is 381 g/mol. The molecule has 0 bridgehead atoms. The second-order valence-corrected chi connectivity index (χ2v) is 7.95. The van der Waals surface area contributed by atoms with E-state index in [9.17, 15) is 13.2 Å². The van der Waals surface area contributed by atoms with Crippen molar-refractivity contribution in [2.45, 2.75) is 31.2 Å². The Balaban J connectivity index is 1.87. The van der Waals surface area contributed by atoms with Crippen molar-refractivity contribution in [3.05, 3.63) is 64.7 Å². The van der Waals surface area contributed by atoms with Gasteiger partial charge in [0, 0.05) is 18.0 Å². The predicted octanol–water partition coefficient (Wildman–Crippen LogP) is 3.19. The summed E-state index contributed by atoms with van der Waals surface area (Å²) in [5.74, 6) is -0.218. The number of benzene rings is 2. The monoisotopic (exact) mass is 380 g/mol. The van der Waals surface area contributed by atoms with E-state index in [-0.39, 0.29) is 29.8 Å². The molecule has 0 radical (unpaired) electrons. The summed E-state index contributed by atoms with van der Waals surface area (Å²) in [7, 11) is -3.68. The van der Waals surface area contributed by atoms with E-state index in [1.54, 1.807) is 12.1 Å². The van der Waals surface area contributed by atoms with Crippen molar-refractivity contribution in [3.8, 4) is 0 Å². The number of hydrogen-bond donors (Lipinski definition) is 2. The zero-order chi connectivity index (χ0) is 18.4. The molecule has 0 saturated heterocycles. The molecule has 0 spiro atoms. The topological polar surface area (TPSA) is 75.3 Å². The quantitative estimate of drug-likeness (QED) is 0.774. The van der Waals surface area contributed by atoms with Crippen LogP contribution >= 0.6 is 11.6 Å². The number of amides is 1. The lowest BCUT2D eigenvalue weighted by molar-refractivity contribution is -0.121. The van der Waals surface area contributed by atoms with Gasteiger partial charge in [-0.25, -0.2) is 13.1 Å². The number of nitrogens with one attached hydrogen (secondary N) is 2. The largest absolute Gasteiger partial charge is 0.350 e. The van der Waals surface area contributed by atoms with E-state index in [0.29, 0.717) is 5.02 Å². The zero-order valence-corrected chi connectivity index (χ0v) is 15.7. The number of rotatable bonds is 7. The van der Waals surface area contributed by atoms with Gasteiger partial charge in [0.05, 0.1) is 10.9 Å². The van der Waals surface area contributed by atoms with E-state index in [1.807, 2.05) is 38.1 Å². The first-order valence-electron chi connectivity index (χ1n) is 7.90. The van der Waals surface area contributed by atoms with Crippen LogP contribution in [-0.2, 0) is 14.8 Å². The first-order chi connectivity index (χ1) is 11.8. The molecule has 0 aliphatic rings. The maximum Gasteiger partial charge on any atom is 0.240 e. The average Bonchev–Trinajstić information content (AvgIpc) is 2.55. The highest BCUT2D eigenvalue weighted by Crippen LogP contribution is 2.17. The number of carbonyl (C=O) groups excluding carboxylic acids is 1. The van der Waals surface area contributed by atoms with E-state index < -0.39 is 10.0 Å². The molecule has 2 rings (SSSR count). The van der Waals surface area contributed by atoms with Crippen LogP contribution in [0.15, 0.2) is 53.4 Å². The summed E-state index contributed by atoms with van der Waals surface area (Å²) in [4.78, 5) is 12.1. The molecule has 0 heterocycles. The lowest BCUT2D eigenvalue weighted by Crippen LogP contribution is -2.32. The second kappa shape index (κ2) is 8.47. The van der Waals surface area contributed by atoms with Gasteiger partial charge >= 0.3 is 0 Å². The highest BCUT2D eigenvalue weighted by atomic mass is 35.5. The van der Waals surface area contributed by atoms with E-state index in [1.165, 1.54) is 12.1 Å². The van der Waals surface area contributed by atoms with E-state index in [0.717, 1.165) is 11.1 Å². The standard InChI is InChI=1S/C18H21ClN2O3S/c1-13-6-3-4-9-17(13)14(2)21-18(22)10-11-20-25(23,24)16-8-5-7-15(19)12-16/h3-9,12,14,20H,10-11H2,1-2H3,(H,21,22). The van der Waals surface area contributed by atoms with Gasteiger partial charge in [0.1, 0.15) is 0 Å². The summed E-state index contributed by atoms with van der Waals surface area (Å²) >= 11 is 5.81. The zero-order valence-electron chi connectivity index (χ0n) is 14.1. The molecule has 25 heavy (non-hydrogen) atoms. The third-order valence-corrected chi connectivity index (χ3v) is 5.48. The minimum absolute atomic E-state index is 0.0151. The van der Waals surface area contributed by atoms with Gasteiger partial charge in [-0.05, 0) is 43.2 Å². The van der Waals surface area contributed by atoms with Gasteiger partial charge in [-0.15, -0.1) is 0 Å². The molecule has 2 aromatic carbocycles. The molecule has 0 saturated carbocycles. The van der Waals surface area contributed by atoms with Crippen molar-refractivity contribution in [2.75, 3.05) is 6.54 Å². The molecular formula is C18H21ClN2O3S. The lowest BCUT2D eigenvalue weighted by Gasteiger charge is -2.16. The molecule has 0 aliphatic carbocycles. The van der Waals surface area contributed by atoms with Crippen molar-refractivity contribution in [3.63, 3.8) is 0 Å². The molecule has 5 nitrogen and oxygen atoms in total. The Labute approximate surface area is 153 Å². The van der Waals surface area contributed by atoms with Gasteiger partial charge in [0.2, 0.25) is 15.9 Å². The number of halogens is 1. The Morgan fingerprint density at radius 2 is 1.88 bits per heavy atom. The number of hydrogen-bond acceptors (Lipinski definition) is 3. The molecule has 1 amide bonds. The molecule has 2 N–H and O–H groups in total. The van der Waals surface area contributed by atoms with Crippen LogP contribution in [0.3, 0.4) is 0 Å². The fourth-order valence-corrected chi connectivity index (χ4v) is 3.81. The highest BCUT2D eigenvalue weighted by Gasteiger charge is 2.15. The highest BCUT2D eigenvalue weighted by molar-refractivity contribution is 7.89. The molecule has 0 aromatic heterocycles. The predicted molar refractivity (Wildman–Crippen MR) is 99.0 cm³/mol. The molecule has 134 valence electrons. The van der Waals surface area contributed by atoms with E-state index in [4.69, 9.17) is 11.6 Å². The van der Waals surface area contributed by atoms with Crippen LogP contribution in [-0.4, -0.2) is 20.9 Å². The fraction of sp³-hybridized carbons (Fsp3) is 0.278. The minimum atomic E-state index is -3.68. The number of carbonyl (C=O) groups is 1. The summed E-state index contributed by atoms with van der Waals surface area (Å²) in [6.45, 7) is 3.90. The first-order valence-corrected chi connectivity index (χ1v) is 9.76. The molecule has 0 aliphatic heterocycles.